The molecule has 7 nitrogen and oxygen atoms in total. The van der Waals surface area contributed by atoms with Gasteiger partial charge in [-0.15, -0.1) is 0 Å². The first kappa shape index (κ1) is 28.3. The van der Waals surface area contributed by atoms with Crippen LogP contribution in [0.4, 0.5) is 0 Å². The van der Waals surface area contributed by atoms with Crippen LogP contribution < -0.4 is 11.1 Å². The summed E-state index contributed by atoms with van der Waals surface area (Å²) in [5.41, 5.74) is 4.18. The van der Waals surface area contributed by atoms with Crippen molar-refractivity contribution in [2.24, 2.45) is 11.7 Å². The van der Waals surface area contributed by atoms with Crippen LogP contribution in [0.5, 0.6) is 5.75 Å². The van der Waals surface area contributed by atoms with Gasteiger partial charge in [0.15, 0.2) is 0 Å². The topological polar surface area (TPSA) is 116 Å². The predicted octanol–water partition coefficient (Wildman–Crippen LogP) is 3.38. The van der Waals surface area contributed by atoms with Crippen LogP contribution in [-0.2, 0) is 15.0 Å². The highest BCUT2D eigenvalue weighted by Gasteiger charge is 2.59. The Labute approximate surface area is 205 Å². The van der Waals surface area contributed by atoms with Crippen LogP contribution in [0.3, 0.4) is 0 Å². The van der Waals surface area contributed by atoms with Gasteiger partial charge in [0.25, 0.3) is 0 Å². The van der Waals surface area contributed by atoms with Crippen molar-refractivity contribution in [1.29, 1.82) is 0 Å². The van der Waals surface area contributed by atoms with Crippen LogP contribution in [0.2, 0.25) is 0 Å². The first-order valence-corrected chi connectivity index (χ1v) is 12.8. The molecule has 0 radical (unpaired) electrons. The number of hydrogen-bond donors (Lipinski definition) is 4. The lowest BCUT2D eigenvalue weighted by molar-refractivity contribution is -0.153. The number of aryl methyl sites for hydroxylation is 1. The molecule has 34 heavy (non-hydrogen) atoms. The Hall–Kier alpha value is -1.96. The molecule has 1 aliphatic carbocycles. The van der Waals surface area contributed by atoms with E-state index in [1.807, 2.05) is 13.0 Å². The minimum Gasteiger partial charge on any atom is -0.508 e. The van der Waals surface area contributed by atoms with E-state index in [0.717, 1.165) is 30.6 Å². The minimum atomic E-state index is -1.17. The predicted molar refractivity (Wildman–Crippen MR) is 136 cm³/mol. The van der Waals surface area contributed by atoms with Crippen molar-refractivity contribution in [1.82, 2.24) is 10.2 Å². The second kappa shape index (κ2) is 12.7. The normalized spacial score (nSPS) is 28.0. The number of imide groups is 1. The van der Waals surface area contributed by atoms with Crippen LogP contribution in [-0.4, -0.2) is 59.2 Å². The number of aliphatic hydroxyl groups is 1. The van der Waals surface area contributed by atoms with E-state index in [-0.39, 0.29) is 18.2 Å². The van der Waals surface area contributed by atoms with E-state index in [1.54, 1.807) is 12.1 Å². The summed E-state index contributed by atoms with van der Waals surface area (Å²) in [6.07, 6.45) is 8.69. The van der Waals surface area contributed by atoms with Gasteiger partial charge in [-0.1, -0.05) is 38.7 Å². The van der Waals surface area contributed by atoms with E-state index < -0.39 is 16.9 Å². The average Bonchev–Trinajstić information content (AvgIpc) is 2.83. The number of carbonyl (C=O) groups excluding carboxylic acids is 2. The number of aromatic hydroxyl groups is 1. The Morgan fingerprint density at radius 3 is 2.56 bits per heavy atom. The molecule has 1 saturated heterocycles. The Morgan fingerprint density at radius 2 is 1.94 bits per heavy atom. The minimum absolute atomic E-state index is 0.00808. The summed E-state index contributed by atoms with van der Waals surface area (Å²) in [6.45, 7) is 7.84. The maximum atomic E-state index is 12.8. The molecule has 3 atom stereocenters. The van der Waals surface area contributed by atoms with Crippen LogP contribution in [0.15, 0.2) is 18.2 Å². The third-order valence-electron chi connectivity index (χ3n) is 8.16. The lowest BCUT2D eigenvalue weighted by atomic mass is 9.56. The summed E-state index contributed by atoms with van der Waals surface area (Å²) in [5.74, 6) is 0.382. The second-order valence-electron chi connectivity index (χ2n) is 10.0. The summed E-state index contributed by atoms with van der Waals surface area (Å²) in [7, 11) is 1.50. The van der Waals surface area contributed by atoms with Crippen LogP contribution in [0.25, 0.3) is 0 Å². The van der Waals surface area contributed by atoms with E-state index in [1.165, 1.54) is 39.2 Å². The highest BCUT2D eigenvalue weighted by Crippen LogP contribution is 2.52. The highest BCUT2D eigenvalue weighted by atomic mass is 16.3. The largest absolute Gasteiger partial charge is 0.508 e. The molecule has 2 amide bonds. The van der Waals surface area contributed by atoms with Crippen molar-refractivity contribution in [3.8, 4) is 5.75 Å². The van der Waals surface area contributed by atoms with Crippen molar-refractivity contribution >= 4 is 12.3 Å². The summed E-state index contributed by atoms with van der Waals surface area (Å²) in [5, 5.41) is 25.0. The molecule has 0 bridgehead atoms. The third-order valence-corrected chi connectivity index (χ3v) is 8.16. The Morgan fingerprint density at radius 1 is 1.26 bits per heavy atom. The second-order valence-corrected chi connectivity index (χ2v) is 10.0. The molecule has 2 aliphatic rings. The van der Waals surface area contributed by atoms with Crippen molar-refractivity contribution < 1.29 is 19.8 Å². The van der Waals surface area contributed by atoms with Crippen LogP contribution >= 0.6 is 0 Å². The standard InChI is InChI=1S/C26H40N2O4.CH5N/c1-4-12-26(32)20(3)28(17-21-8-6-5-7-9-21)14-13-25(26,16-24(31)27-18-29)23-15-22(30)11-10-19(23)2;1-2/h10-11,15,18,20-21,30,32H,4-9,12-14,16-17H2,1-3H3,(H,27,29,31);2H2,1H3. The van der Waals surface area contributed by atoms with E-state index in [4.69, 9.17) is 0 Å². The highest BCUT2D eigenvalue weighted by molar-refractivity contribution is 5.87. The van der Waals surface area contributed by atoms with E-state index in [9.17, 15) is 19.8 Å². The first-order chi connectivity index (χ1) is 16.3. The zero-order valence-corrected chi connectivity index (χ0v) is 21.5. The van der Waals surface area contributed by atoms with Gasteiger partial charge in [-0.05, 0) is 82.3 Å². The van der Waals surface area contributed by atoms with E-state index in [0.29, 0.717) is 25.2 Å². The molecular weight excluding hydrogens is 430 g/mol. The Kier molecular flexibility index (Phi) is 10.5. The Bertz CT molecular complexity index is 811. The molecule has 192 valence electrons. The molecule has 3 rings (SSSR count). The number of phenolic OH excluding ortho intramolecular Hbond substituents is 1. The number of benzene rings is 1. The lowest BCUT2D eigenvalue weighted by Crippen LogP contribution is -2.69. The molecule has 7 heteroatoms. The molecule has 1 aliphatic heterocycles. The van der Waals surface area contributed by atoms with Crippen LogP contribution in [0, 0.1) is 12.8 Å². The summed E-state index contributed by atoms with van der Waals surface area (Å²) in [4.78, 5) is 26.2. The number of piperidine rings is 1. The maximum absolute atomic E-state index is 12.8. The number of nitrogens with one attached hydrogen (secondary N) is 1. The summed E-state index contributed by atoms with van der Waals surface area (Å²) >= 11 is 0. The zero-order chi connectivity index (χ0) is 25.4. The van der Waals surface area contributed by atoms with Gasteiger partial charge in [0.2, 0.25) is 12.3 Å². The molecule has 0 aromatic heterocycles. The SMILES string of the molecule is CCCC1(O)C(C)N(CC2CCCCC2)CCC1(CC(=O)NC=O)c1cc(O)ccc1C.CN. The Balaban J connectivity index is 0.00000199. The molecule has 1 saturated carbocycles. The summed E-state index contributed by atoms with van der Waals surface area (Å²) < 4.78 is 0. The molecule has 1 aromatic carbocycles. The zero-order valence-electron chi connectivity index (χ0n) is 21.5. The van der Waals surface area contributed by atoms with Crippen molar-refractivity contribution in [2.45, 2.75) is 95.6 Å². The van der Waals surface area contributed by atoms with Gasteiger partial charge in [0, 0.05) is 24.4 Å². The molecule has 1 heterocycles. The van der Waals surface area contributed by atoms with Gasteiger partial charge in [-0.3, -0.25) is 19.8 Å². The molecular formula is C27H45N3O4. The molecule has 0 spiro atoms. The van der Waals surface area contributed by atoms with Gasteiger partial charge in [-0.2, -0.15) is 0 Å². The number of nitrogens with two attached hydrogens (primary N) is 1. The third kappa shape index (κ3) is 5.81. The smallest absolute Gasteiger partial charge is 0.227 e. The fourth-order valence-corrected chi connectivity index (χ4v) is 6.45. The number of phenols is 1. The number of nitrogens with zero attached hydrogens (tertiary/aromatic N) is 1. The van der Waals surface area contributed by atoms with Crippen LogP contribution in [0.1, 0.15) is 82.8 Å². The van der Waals surface area contributed by atoms with Gasteiger partial charge >= 0.3 is 0 Å². The van der Waals surface area contributed by atoms with Gasteiger partial charge < -0.3 is 15.9 Å². The molecule has 2 fully saturated rings. The number of rotatable bonds is 8. The molecule has 3 unspecified atom stereocenters. The maximum Gasteiger partial charge on any atom is 0.227 e. The number of likely N-dealkylation sites (tertiary alicyclic amines) is 1. The fraction of sp³-hybridized carbons (Fsp3) is 0.704. The average molecular weight is 476 g/mol. The van der Waals surface area contributed by atoms with E-state index in [2.05, 4.69) is 29.8 Å². The molecule has 1 aromatic rings. The number of carbonyl (C=O) groups is 2. The van der Waals surface area contributed by atoms with Crippen molar-refractivity contribution in [3.63, 3.8) is 0 Å². The van der Waals surface area contributed by atoms with Crippen molar-refractivity contribution in [2.75, 3.05) is 20.1 Å². The van der Waals surface area contributed by atoms with Crippen molar-refractivity contribution in [3.05, 3.63) is 29.3 Å². The fourth-order valence-electron chi connectivity index (χ4n) is 6.45. The molecule has 5 N–H and O–H groups in total. The quantitative estimate of drug-likeness (QED) is 0.429. The monoisotopic (exact) mass is 475 g/mol. The summed E-state index contributed by atoms with van der Waals surface area (Å²) in [6, 6.07) is 5.03. The lowest BCUT2D eigenvalue weighted by Gasteiger charge is -2.58. The van der Waals surface area contributed by atoms with Gasteiger partial charge in [-0.25, -0.2) is 0 Å². The number of amides is 2. The van der Waals surface area contributed by atoms with Gasteiger partial charge in [0.1, 0.15) is 5.75 Å². The van der Waals surface area contributed by atoms with Gasteiger partial charge in [0.05, 0.1) is 5.60 Å². The van der Waals surface area contributed by atoms with E-state index >= 15 is 0 Å². The first-order valence-electron chi connectivity index (χ1n) is 12.8. The number of hydrogen-bond acceptors (Lipinski definition) is 6.